The summed E-state index contributed by atoms with van der Waals surface area (Å²) in [6.07, 6.45) is 6.98. The van der Waals surface area contributed by atoms with Crippen LogP contribution in [0.5, 0.6) is 11.5 Å². The van der Waals surface area contributed by atoms with E-state index in [1.165, 1.54) is 30.4 Å². The number of phenolic OH excluding ortho intramolecular Hbond substituents is 2. The largest absolute Gasteiger partial charge is 0.507 e. The molecular formula is C27H38O6S2. The van der Waals surface area contributed by atoms with Crippen molar-refractivity contribution in [1.82, 2.24) is 0 Å². The first-order chi connectivity index (χ1) is 16.7. The molecule has 0 unspecified atom stereocenters. The summed E-state index contributed by atoms with van der Waals surface area (Å²) < 4.78 is 0. The zero-order valence-electron chi connectivity index (χ0n) is 21.0. The van der Waals surface area contributed by atoms with Crippen molar-refractivity contribution >= 4 is 35.1 Å². The molecule has 2 aliphatic carbocycles. The van der Waals surface area contributed by atoms with E-state index >= 15 is 0 Å². The number of thioether (sulfide) groups is 2. The summed E-state index contributed by atoms with van der Waals surface area (Å²) in [6.45, 7) is 5.72. The van der Waals surface area contributed by atoms with Crippen LogP contribution in [0.1, 0.15) is 104 Å². The van der Waals surface area contributed by atoms with Gasteiger partial charge in [0.05, 0.1) is 32.6 Å². The number of ketones is 2. The first kappa shape index (κ1) is 28.1. The van der Waals surface area contributed by atoms with Gasteiger partial charge in [-0.15, -0.1) is 23.5 Å². The van der Waals surface area contributed by atoms with Crippen molar-refractivity contribution in [1.29, 1.82) is 0 Å². The molecule has 194 valence electrons. The summed E-state index contributed by atoms with van der Waals surface area (Å²) in [5, 5.41) is 43.1. The minimum absolute atomic E-state index is 0.112. The smallest absolute Gasteiger partial charge is 0.205 e. The van der Waals surface area contributed by atoms with Crippen molar-refractivity contribution in [3.8, 4) is 11.5 Å². The molecule has 1 aromatic carbocycles. The number of unbranched alkanes of at least 4 members (excludes halogenated alkanes) is 6. The molecule has 2 aliphatic rings. The van der Waals surface area contributed by atoms with Gasteiger partial charge in [-0.25, -0.2) is 0 Å². The predicted molar refractivity (Wildman–Crippen MR) is 143 cm³/mol. The average Bonchev–Trinajstić information content (AvgIpc) is 2.81. The van der Waals surface area contributed by atoms with Gasteiger partial charge in [-0.2, -0.15) is 0 Å². The number of allylic oxidation sites excluding steroid dienone is 2. The van der Waals surface area contributed by atoms with E-state index in [2.05, 4.69) is 13.8 Å². The minimum atomic E-state index is -1.51. The number of benzene rings is 1. The van der Waals surface area contributed by atoms with Crippen LogP contribution >= 0.6 is 23.5 Å². The number of hydrogen-bond donors (Lipinski definition) is 4. The highest BCUT2D eigenvalue weighted by Gasteiger charge is 2.44. The van der Waals surface area contributed by atoms with Crippen molar-refractivity contribution in [2.24, 2.45) is 0 Å². The van der Waals surface area contributed by atoms with Gasteiger partial charge >= 0.3 is 0 Å². The number of aliphatic hydroxyl groups is 2. The molecule has 0 amide bonds. The van der Waals surface area contributed by atoms with E-state index in [1.54, 1.807) is 0 Å². The van der Waals surface area contributed by atoms with Crippen LogP contribution in [0.2, 0.25) is 0 Å². The summed E-state index contributed by atoms with van der Waals surface area (Å²) in [6, 6.07) is 0. The van der Waals surface area contributed by atoms with Crippen LogP contribution in [-0.4, -0.2) is 55.2 Å². The Bertz CT molecular complexity index is 998. The molecule has 8 heteroatoms. The maximum absolute atomic E-state index is 13.7. The van der Waals surface area contributed by atoms with Crippen LogP contribution < -0.4 is 0 Å². The van der Waals surface area contributed by atoms with Crippen LogP contribution in [0.15, 0.2) is 9.81 Å². The van der Waals surface area contributed by atoms with Gasteiger partial charge in [-0.05, 0) is 31.3 Å². The van der Waals surface area contributed by atoms with E-state index in [0.717, 1.165) is 51.4 Å². The van der Waals surface area contributed by atoms with Gasteiger partial charge in [-0.3, -0.25) is 9.59 Å². The molecule has 0 aliphatic heterocycles. The van der Waals surface area contributed by atoms with Crippen LogP contribution in [0, 0.1) is 0 Å². The molecule has 0 heterocycles. The molecule has 0 bridgehead atoms. The number of carbonyl (C=O) groups excluding carboxylic acids is 2. The summed E-state index contributed by atoms with van der Waals surface area (Å²) in [7, 11) is 0. The molecule has 4 N–H and O–H groups in total. The highest BCUT2D eigenvalue weighted by molar-refractivity contribution is 8.08. The van der Waals surface area contributed by atoms with Gasteiger partial charge in [0.25, 0.3) is 0 Å². The molecule has 1 aromatic rings. The standard InChI is InChI=1S/C27H38O6S2/c1-4-6-8-10-12-34-25-23(31)19-20(24(32)26(25)35-13-11-9-7-5-2)22(30)17-15-27(3,33)18(28)14-16(17)21(19)29/h18,28-30,33H,4-15H2,1-3H3/t18-,27+/m1/s1. The fourth-order valence-corrected chi connectivity index (χ4v) is 7.04. The summed E-state index contributed by atoms with van der Waals surface area (Å²) in [4.78, 5) is 28.0. The van der Waals surface area contributed by atoms with Crippen molar-refractivity contribution in [3.63, 3.8) is 0 Å². The number of carbonyl (C=O) groups is 2. The van der Waals surface area contributed by atoms with Crippen LogP contribution in [-0.2, 0) is 12.8 Å². The lowest BCUT2D eigenvalue weighted by Gasteiger charge is -2.37. The Kier molecular flexibility index (Phi) is 9.77. The number of Topliss-reactive ketones (excluding diaryl/α,β-unsaturated/α-hetero) is 2. The fraction of sp³-hybridized carbons (Fsp3) is 0.630. The first-order valence-electron chi connectivity index (χ1n) is 12.7. The van der Waals surface area contributed by atoms with Crippen molar-refractivity contribution in [2.75, 3.05) is 11.5 Å². The third kappa shape index (κ3) is 5.92. The van der Waals surface area contributed by atoms with Gasteiger partial charge < -0.3 is 20.4 Å². The maximum Gasteiger partial charge on any atom is 0.205 e. The lowest BCUT2D eigenvalue weighted by Crippen LogP contribution is -2.46. The Balaban J connectivity index is 2.00. The second kappa shape index (κ2) is 12.2. The zero-order chi connectivity index (χ0) is 25.8. The van der Waals surface area contributed by atoms with E-state index in [0.29, 0.717) is 21.3 Å². The van der Waals surface area contributed by atoms with E-state index in [9.17, 15) is 30.0 Å². The Morgan fingerprint density at radius 1 is 0.800 bits per heavy atom. The van der Waals surface area contributed by atoms with E-state index < -0.39 is 23.3 Å². The van der Waals surface area contributed by atoms with Gasteiger partial charge in [0, 0.05) is 24.0 Å². The quantitative estimate of drug-likeness (QED) is 0.209. The second-order valence-electron chi connectivity index (χ2n) is 9.79. The second-order valence-corrected chi connectivity index (χ2v) is 12.0. The number of hydrogen-bond acceptors (Lipinski definition) is 8. The topological polar surface area (TPSA) is 115 Å². The Morgan fingerprint density at radius 3 is 1.71 bits per heavy atom. The molecule has 0 spiro atoms. The van der Waals surface area contributed by atoms with E-state index in [-0.39, 0.29) is 46.6 Å². The zero-order valence-corrected chi connectivity index (χ0v) is 22.6. The summed E-state index contributed by atoms with van der Waals surface area (Å²) >= 11 is 2.72. The molecule has 35 heavy (non-hydrogen) atoms. The highest BCUT2D eigenvalue weighted by Crippen LogP contribution is 2.49. The number of aromatic hydroxyl groups is 2. The third-order valence-electron chi connectivity index (χ3n) is 6.87. The van der Waals surface area contributed by atoms with Gasteiger partial charge in [0.2, 0.25) is 11.6 Å². The predicted octanol–water partition coefficient (Wildman–Crippen LogP) is 5.53. The average molecular weight is 523 g/mol. The Labute approximate surface area is 216 Å². The first-order valence-corrected chi connectivity index (χ1v) is 14.7. The van der Waals surface area contributed by atoms with Crippen molar-refractivity contribution < 1.29 is 30.0 Å². The van der Waals surface area contributed by atoms with Crippen molar-refractivity contribution in [3.05, 3.63) is 32.1 Å². The minimum Gasteiger partial charge on any atom is -0.507 e. The van der Waals surface area contributed by atoms with Crippen LogP contribution in [0.25, 0.3) is 0 Å². The van der Waals surface area contributed by atoms with Gasteiger partial charge in [-0.1, -0.05) is 52.4 Å². The Hall–Kier alpha value is -1.48. The van der Waals surface area contributed by atoms with Crippen LogP contribution in [0.3, 0.4) is 0 Å². The molecule has 0 radical (unpaired) electrons. The third-order valence-corrected chi connectivity index (χ3v) is 9.34. The molecule has 0 saturated heterocycles. The molecule has 3 rings (SSSR count). The number of rotatable bonds is 12. The molecule has 0 fully saturated rings. The molecule has 6 nitrogen and oxygen atoms in total. The molecular weight excluding hydrogens is 484 g/mol. The summed E-state index contributed by atoms with van der Waals surface area (Å²) in [5.41, 5.74) is -1.42. The number of aliphatic hydroxyl groups excluding tert-OH is 1. The highest BCUT2D eigenvalue weighted by atomic mass is 32.2. The molecule has 0 saturated carbocycles. The van der Waals surface area contributed by atoms with Gasteiger partial charge in [0.15, 0.2) is 0 Å². The maximum atomic E-state index is 13.7. The van der Waals surface area contributed by atoms with Crippen molar-refractivity contribution in [2.45, 2.75) is 96.7 Å². The SMILES string of the molecule is CCCCCCSC1=C(SCCCCCC)C(=O)c2c(O)c3c(c(O)c2C1=O)C[C@@H](O)[C@@](C)(O)C3. The van der Waals surface area contributed by atoms with Gasteiger partial charge in [0.1, 0.15) is 11.5 Å². The molecule has 2 atom stereocenters. The molecule has 0 aromatic heterocycles. The summed E-state index contributed by atoms with van der Waals surface area (Å²) in [5.74, 6) is -0.229. The lowest BCUT2D eigenvalue weighted by atomic mass is 9.75. The fourth-order valence-electron chi connectivity index (χ4n) is 4.67. The lowest BCUT2D eigenvalue weighted by molar-refractivity contribution is -0.0668. The number of phenols is 2. The monoisotopic (exact) mass is 522 g/mol. The Morgan fingerprint density at radius 2 is 1.26 bits per heavy atom. The van der Waals surface area contributed by atoms with Crippen LogP contribution in [0.4, 0.5) is 0 Å². The normalized spacial score (nSPS) is 21.9. The number of fused-ring (bicyclic) bond motifs is 2. The van der Waals surface area contributed by atoms with E-state index in [4.69, 9.17) is 0 Å². The van der Waals surface area contributed by atoms with E-state index in [1.807, 2.05) is 0 Å².